The number of carbonyl (C=O) groups is 1. The molecule has 0 unspecified atom stereocenters. The number of aromatic nitrogens is 1. The van der Waals surface area contributed by atoms with E-state index in [0.717, 1.165) is 50.9 Å². The largest absolute Gasteiger partial charge is 0.454 e. The number of carbonyl (C=O) groups excluding carboxylic acids is 1. The van der Waals surface area contributed by atoms with Crippen molar-refractivity contribution in [1.29, 1.82) is 0 Å². The van der Waals surface area contributed by atoms with Crippen molar-refractivity contribution >= 4 is 48.9 Å². The van der Waals surface area contributed by atoms with Gasteiger partial charge in [0.1, 0.15) is 5.00 Å². The molecule has 1 amide bonds. The van der Waals surface area contributed by atoms with Crippen molar-refractivity contribution < 1.29 is 14.3 Å². The number of nitrogens with two attached hydrogens (primary N) is 1. The summed E-state index contributed by atoms with van der Waals surface area (Å²) in [4.78, 5) is 18.0. The summed E-state index contributed by atoms with van der Waals surface area (Å²) >= 11 is 3.15. The monoisotopic (exact) mass is 387 g/mol. The van der Waals surface area contributed by atoms with E-state index < -0.39 is 0 Å². The molecule has 26 heavy (non-hydrogen) atoms. The zero-order chi connectivity index (χ0) is 17.8. The Bertz CT molecular complexity index is 999. The first-order chi connectivity index (χ1) is 12.6. The van der Waals surface area contributed by atoms with Crippen LogP contribution >= 0.6 is 22.7 Å². The molecular weight excluding hydrogens is 370 g/mol. The van der Waals surface area contributed by atoms with Gasteiger partial charge in [0.15, 0.2) is 16.6 Å². The van der Waals surface area contributed by atoms with Gasteiger partial charge in [0.25, 0.3) is 5.91 Å². The van der Waals surface area contributed by atoms with Gasteiger partial charge in [-0.25, -0.2) is 4.98 Å². The third-order valence-corrected chi connectivity index (χ3v) is 6.96. The standard InChI is InChI=1S/C18H17N3O3S2/c1-8-2-3-9-13(4-8)25-17(15(9)16(19)22)21-18-20-10-5-11-12(24-7-23-11)6-14(10)26-18/h5-6,8H,2-4,7H2,1H3,(H2,19,22)(H,20,21)/t8-/m0/s1. The lowest BCUT2D eigenvalue weighted by atomic mass is 9.88. The number of nitrogens with one attached hydrogen (secondary N) is 1. The number of ether oxygens (including phenoxy) is 2. The minimum absolute atomic E-state index is 0.249. The van der Waals surface area contributed by atoms with Crippen LogP contribution in [0.25, 0.3) is 10.2 Å². The SMILES string of the molecule is C[C@H]1CCc2c(sc(Nc3nc4cc5c(cc4s3)OCO5)c2C(N)=O)C1. The van der Waals surface area contributed by atoms with Gasteiger partial charge in [-0.1, -0.05) is 18.3 Å². The zero-order valence-electron chi connectivity index (χ0n) is 14.1. The molecular formula is C18H17N3O3S2. The Labute approximate surface area is 157 Å². The van der Waals surface area contributed by atoms with E-state index in [4.69, 9.17) is 15.2 Å². The van der Waals surface area contributed by atoms with Gasteiger partial charge in [-0.15, -0.1) is 11.3 Å². The lowest BCUT2D eigenvalue weighted by molar-refractivity contribution is 0.1000. The minimum Gasteiger partial charge on any atom is -0.454 e. The normalized spacial score (nSPS) is 18.1. The summed E-state index contributed by atoms with van der Waals surface area (Å²) in [7, 11) is 0. The number of thiophene rings is 1. The maximum Gasteiger partial charge on any atom is 0.251 e. The Morgan fingerprint density at radius 2 is 2.12 bits per heavy atom. The molecule has 3 heterocycles. The topological polar surface area (TPSA) is 86.5 Å². The third kappa shape index (κ3) is 2.52. The lowest BCUT2D eigenvalue weighted by Gasteiger charge is -2.18. The van der Waals surface area contributed by atoms with Crippen LogP contribution in [-0.4, -0.2) is 17.7 Å². The van der Waals surface area contributed by atoms with E-state index in [-0.39, 0.29) is 12.7 Å². The van der Waals surface area contributed by atoms with E-state index in [0.29, 0.717) is 17.2 Å². The van der Waals surface area contributed by atoms with Crippen LogP contribution in [0.3, 0.4) is 0 Å². The smallest absolute Gasteiger partial charge is 0.251 e. The summed E-state index contributed by atoms with van der Waals surface area (Å²) in [6, 6.07) is 3.83. The number of benzene rings is 1. The van der Waals surface area contributed by atoms with E-state index in [9.17, 15) is 4.79 Å². The first kappa shape index (κ1) is 15.9. The van der Waals surface area contributed by atoms with Gasteiger partial charge in [-0.05, 0) is 30.7 Å². The van der Waals surface area contributed by atoms with Gasteiger partial charge in [0.05, 0.1) is 15.8 Å². The Morgan fingerprint density at radius 3 is 2.92 bits per heavy atom. The van der Waals surface area contributed by atoms with Crippen LogP contribution in [0.5, 0.6) is 11.5 Å². The molecule has 0 saturated heterocycles. The van der Waals surface area contributed by atoms with Crippen molar-refractivity contribution in [3.8, 4) is 11.5 Å². The van der Waals surface area contributed by atoms with Gasteiger partial charge in [-0.3, -0.25) is 4.79 Å². The Morgan fingerprint density at radius 1 is 1.31 bits per heavy atom. The molecule has 134 valence electrons. The second-order valence-electron chi connectivity index (χ2n) is 6.74. The van der Waals surface area contributed by atoms with Gasteiger partial charge in [0, 0.05) is 17.0 Å². The fourth-order valence-electron chi connectivity index (χ4n) is 3.57. The highest BCUT2D eigenvalue weighted by Gasteiger charge is 2.27. The quantitative estimate of drug-likeness (QED) is 0.708. The van der Waals surface area contributed by atoms with Crippen molar-refractivity contribution in [2.45, 2.75) is 26.2 Å². The minimum atomic E-state index is -0.374. The van der Waals surface area contributed by atoms with E-state index in [1.807, 2.05) is 12.1 Å². The molecule has 1 aliphatic heterocycles. The summed E-state index contributed by atoms with van der Waals surface area (Å²) in [5.41, 5.74) is 8.28. The van der Waals surface area contributed by atoms with Crippen LogP contribution in [0.15, 0.2) is 12.1 Å². The van der Waals surface area contributed by atoms with Crippen LogP contribution in [0.2, 0.25) is 0 Å². The molecule has 8 heteroatoms. The van der Waals surface area contributed by atoms with Gasteiger partial charge >= 0.3 is 0 Å². The van der Waals surface area contributed by atoms with Crippen LogP contribution in [0.4, 0.5) is 10.1 Å². The highest BCUT2D eigenvalue weighted by molar-refractivity contribution is 7.23. The van der Waals surface area contributed by atoms with Crippen molar-refractivity contribution in [1.82, 2.24) is 4.98 Å². The number of anilines is 2. The Balaban J connectivity index is 1.53. The molecule has 0 saturated carbocycles. The second kappa shape index (κ2) is 5.85. The molecule has 0 fully saturated rings. The van der Waals surface area contributed by atoms with E-state index in [2.05, 4.69) is 17.2 Å². The molecule has 0 spiro atoms. The first-order valence-electron chi connectivity index (χ1n) is 8.50. The van der Waals surface area contributed by atoms with Crippen LogP contribution in [0.1, 0.15) is 34.1 Å². The van der Waals surface area contributed by atoms with Crippen LogP contribution in [-0.2, 0) is 12.8 Å². The second-order valence-corrected chi connectivity index (χ2v) is 8.87. The molecule has 3 aromatic rings. The fourth-order valence-corrected chi connectivity index (χ4v) is 5.93. The summed E-state index contributed by atoms with van der Waals surface area (Å²) in [6.45, 7) is 2.50. The van der Waals surface area contributed by atoms with Crippen molar-refractivity contribution in [3.05, 3.63) is 28.1 Å². The molecule has 5 rings (SSSR count). The summed E-state index contributed by atoms with van der Waals surface area (Å²) in [6.07, 6.45) is 3.01. The van der Waals surface area contributed by atoms with Crippen LogP contribution < -0.4 is 20.5 Å². The average Bonchev–Trinajstić information content (AvgIpc) is 3.27. The van der Waals surface area contributed by atoms with Gasteiger partial charge in [0.2, 0.25) is 6.79 Å². The molecule has 1 aliphatic carbocycles. The predicted octanol–water partition coefficient (Wildman–Crippen LogP) is 4.05. The molecule has 3 N–H and O–H groups in total. The van der Waals surface area contributed by atoms with E-state index in [1.54, 1.807) is 11.3 Å². The first-order valence-corrected chi connectivity index (χ1v) is 10.1. The Kier molecular flexibility index (Phi) is 3.58. The van der Waals surface area contributed by atoms with E-state index in [1.165, 1.54) is 16.2 Å². The third-order valence-electron chi connectivity index (χ3n) is 4.86. The van der Waals surface area contributed by atoms with Crippen molar-refractivity contribution in [3.63, 3.8) is 0 Å². The van der Waals surface area contributed by atoms with Gasteiger partial charge in [-0.2, -0.15) is 0 Å². The molecule has 1 aromatic carbocycles. The summed E-state index contributed by atoms with van der Waals surface area (Å²) < 4.78 is 11.8. The number of hydrogen-bond donors (Lipinski definition) is 2. The molecule has 0 radical (unpaired) electrons. The summed E-state index contributed by atoms with van der Waals surface area (Å²) in [5.74, 6) is 1.72. The molecule has 2 aromatic heterocycles. The maximum absolute atomic E-state index is 12.1. The van der Waals surface area contributed by atoms with E-state index >= 15 is 0 Å². The number of fused-ring (bicyclic) bond motifs is 3. The maximum atomic E-state index is 12.1. The zero-order valence-corrected chi connectivity index (χ0v) is 15.8. The molecule has 1 atom stereocenters. The molecule has 2 aliphatic rings. The molecule has 6 nitrogen and oxygen atoms in total. The molecule has 0 bridgehead atoms. The van der Waals surface area contributed by atoms with Gasteiger partial charge < -0.3 is 20.5 Å². The summed E-state index contributed by atoms with van der Waals surface area (Å²) in [5, 5.41) is 4.87. The number of primary amides is 1. The predicted molar refractivity (Wildman–Crippen MR) is 103 cm³/mol. The van der Waals surface area contributed by atoms with Crippen LogP contribution in [0, 0.1) is 5.92 Å². The fraction of sp³-hybridized carbons (Fsp3) is 0.333. The van der Waals surface area contributed by atoms with Crippen molar-refractivity contribution in [2.75, 3.05) is 12.1 Å². The number of thiazole rings is 1. The average molecular weight is 387 g/mol. The number of hydrogen-bond acceptors (Lipinski definition) is 7. The number of amides is 1. The Hall–Kier alpha value is -2.32. The highest BCUT2D eigenvalue weighted by atomic mass is 32.1. The van der Waals surface area contributed by atoms with Crippen molar-refractivity contribution in [2.24, 2.45) is 11.7 Å². The number of nitrogens with zero attached hydrogens (tertiary/aromatic N) is 1. The highest BCUT2D eigenvalue weighted by Crippen LogP contribution is 2.43. The number of rotatable bonds is 3. The lowest BCUT2D eigenvalue weighted by Crippen LogP contribution is -2.17.